The van der Waals surface area contributed by atoms with Gasteiger partial charge in [0.25, 0.3) is 0 Å². The Morgan fingerprint density at radius 2 is 0.951 bits per heavy atom. The first-order chi connectivity index (χ1) is 20.3. The Morgan fingerprint density at radius 3 is 1.34 bits per heavy atom. The molecule has 0 aliphatic rings. The van der Waals surface area contributed by atoms with Crippen molar-refractivity contribution in [3.05, 3.63) is 35.9 Å². The van der Waals surface area contributed by atoms with Crippen molar-refractivity contribution in [2.24, 2.45) is 5.92 Å². The van der Waals surface area contributed by atoms with Gasteiger partial charge < -0.3 is 42.6 Å². The molecule has 0 aromatic heterocycles. The molecular weight excluding hydrogens is 532 g/mol. The van der Waals surface area contributed by atoms with Gasteiger partial charge in [0.05, 0.1) is 112 Å². The fourth-order valence-corrected chi connectivity index (χ4v) is 3.56. The lowest BCUT2D eigenvalue weighted by Crippen LogP contribution is -2.20. The molecule has 1 aromatic rings. The molecule has 0 heterocycles. The van der Waals surface area contributed by atoms with E-state index in [1.54, 1.807) is 0 Å². The number of ether oxygens (including phenoxy) is 9. The molecule has 10 nitrogen and oxygen atoms in total. The largest absolute Gasteiger partial charge is 0.463 e. The average molecular weight is 587 g/mol. The minimum Gasteiger partial charge on any atom is -0.463 e. The molecule has 1 unspecified atom stereocenters. The fraction of sp³-hybridized carbons (Fsp3) is 0.774. The van der Waals surface area contributed by atoms with Gasteiger partial charge in [0.1, 0.15) is 6.61 Å². The molecule has 0 radical (unpaired) electrons. The number of hydrogen-bond acceptors (Lipinski definition) is 10. The summed E-state index contributed by atoms with van der Waals surface area (Å²) in [5, 5.41) is 0. The third-order valence-corrected chi connectivity index (χ3v) is 5.92. The van der Waals surface area contributed by atoms with Crippen molar-refractivity contribution in [3.8, 4) is 0 Å². The minimum absolute atomic E-state index is 0.00130. The van der Waals surface area contributed by atoms with Crippen LogP contribution in [0.3, 0.4) is 0 Å². The molecule has 0 spiro atoms. The molecule has 238 valence electrons. The second-order valence-electron chi connectivity index (χ2n) is 9.24. The van der Waals surface area contributed by atoms with Gasteiger partial charge in [0, 0.05) is 0 Å². The van der Waals surface area contributed by atoms with Crippen LogP contribution in [0.15, 0.2) is 30.3 Å². The third-order valence-electron chi connectivity index (χ3n) is 5.92. The zero-order valence-electron chi connectivity index (χ0n) is 25.4. The van der Waals surface area contributed by atoms with Gasteiger partial charge in [-0.2, -0.15) is 0 Å². The molecule has 1 aromatic carbocycles. The normalized spacial score (nSPS) is 12.0. The molecule has 10 heteroatoms. The van der Waals surface area contributed by atoms with Gasteiger partial charge >= 0.3 is 5.97 Å². The zero-order valence-corrected chi connectivity index (χ0v) is 25.4. The van der Waals surface area contributed by atoms with E-state index in [1.807, 2.05) is 37.3 Å². The monoisotopic (exact) mass is 586 g/mol. The summed E-state index contributed by atoms with van der Waals surface area (Å²) in [6.45, 7) is 12.6. The second kappa shape index (κ2) is 29.8. The molecule has 0 amide bonds. The van der Waals surface area contributed by atoms with E-state index in [0.29, 0.717) is 106 Å². The van der Waals surface area contributed by atoms with Crippen molar-refractivity contribution in [1.29, 1.82) is 0 Å². The van der Waals surface area contributed by atoms with Crippen LogP contribution in [0.1, 0.15) is 45.1 Å². The van der Waals surface area contributed by atoms with Crippen LogP contribution in [0.2, 0.25) is 0 Å². The molecule has 0 saturated heterocycles. The molecule has 0 aliphatic heterocycles. The minimum atomic E-state index is -0.116. The van der Waals surface area contributed by atoms with Crippen LogP contribution in [-0.2, 0) is 54.0 Å². The van der Waals surface area contributed by atoms with E-state index in [-0.39, 0.29) is 18.5 Å². The summed E-state index contributed by atoms with van der Waals surface area (Å²) in [6, 6.07) is 10.1. The van der Waals surface area contributed by atoms with Gasteiger partial charge in [0.15, 0.2) is 0 Å². The van der Waals surface area contributed by atoms with Crippen molar-refractivity contribution < 1.29 is 47.4 Å². The molecule has 0 bridgehead atoms. The Morgan fingerprint density at radius 1 is 0.561 bits per heavy atom. The summed E-state index contributed by atoms with van der Waals surface area (Å²) >= 11 is 0. The van der Waals surface area contributed by atoms with Crippen molar-refractivity contribution in [1.82, 2.24) is 0 Å². The smallest absolute Gasteiger partial charge is 0.308 e. The summed E-state index contributed by atoms with van der Waals surface area (Å²) in [5.74, 6) is -0.115. The average Bonchev–Trinajstić information content (AvgIpc) is 2.99. The standard InChI is InChI=1S/C31H54O10/c1-3-5-11-30(4-2)31(32)41-27-26-39-23-22-37-19-18-35-15-14-33-12-13-34-16-17-36-20-21-38-24-25-40-28-29-9-7-6-8-10-29/h6-10,30H,3-5,11-28H2,1-2H3. The SMILES string of the molecule is CCCCC(CC)C(=O)OCCOCCOCCOCCOCCOCCOCCOCCOCc1ccccc1. The molecule has 0 saturated carbocycles. The number of carbonyl (C=O) groups excluding carboxylic acids is 1. The number of hydrogen-bond donors (Lipinski definition) is 0. The van der Waals surface area contributed by atoms with Crippen molar-refractivity contribution in [2.45, 2.75) is 46.1 Å². The van der Waals surface area contributed by atoms with Crippen molar-refractivity contribution in [3.63, 3.8) is 0 Å². The van der Waals surface area contributed by atoms with Crippen LogP contribution in [0.4, 0.5) is 0 Å². The Kier molecular flexibility index (Phi) is 27.2. The maximum absolute atomic E-state index is 12.0. The van der Waals surface area contributed by atoms with E-state index in [2.05, 4.69) is 6.92 Å². The maximum Gasteiger partial charge on any atom is 0.308 e. The second-order valence-corrected chi connectivity index (χ2v) is 9.24. The van der Waals surface area contributed by atoms with E-state index < -0.39 is 0 Å². The number of rotatable bonds is 31. The van der Waals surface area contributed by atoms with Crippen molar-refractivity contribution in [2.75, 3.05) is 106 Å². The van der Waals surface area contributed by atoms with Crippen LogP contribution in [0, 0.1) is 5.92 Å². The van der Waals surface area contributed by atoms with Crippen LogP contribution in [0.5, 0.6) is 0 Å². The molecule has 0 fully saturated rings. The summed E-state index contributed by atoms with van der Waals surface area (Å²) in [5.41, 5.74) is 1.16. The predicted octanol–water partition coefficient (Wildman–Crippen LogP) is 4.08. The van der Waals surface area contributed by atoms with E-state index >= 15 is 0 Å². The van der Waals surface area contributed by atoms with Crippen LogP contribution >= 0.6 is 0 Å². The Labute approximate surface area is 247 Å². The highest BCUT2D eigenvalue weighted by atomic mass is 16.6. The number of benzene rings is 1. The van der Waals surface area contributed by atoms with Crippen molar-refractivity contribution >= 4 is 5.97 Å². The molecule has 0 N–H and O–H groups in total. The lowest BCUT2D eigenvalue weighted by molar-refractivity contribution is -0.150. The topological polar surface area (TPSA) is 100 Å². The van der Waals surface area contributed by atoms with Gasteiger partial charge in [-0.25, -0.2) is 0 Å². The molecule has 1 atom stereocenters. The van der Waals surface area contributed by atoms with E-state index in [9.17, 15) is 4.79 Å². The number of unbranched alkanes of at least 4 members (excludes halogenated alkanes) is 1. The fourth-order valence-electron chi connectivity index (χ4n) is 3.56. The van der Waals surface area contributed by atoms with Gasteiger partial charge in [-0.15, -0.1) is 0 Å². The van der Waals surface area contributed by atoms with Gasteiger partial charge in [-0.1, -0.05) is 57.0 Å². The molecular formula is C31H54O10. The van der Waals surface area contributed by atoms with Crippen LogP contribution in [-0.4, -0.2) is 112 Å². The highest BCUT2D eigenvalue weighted by Gasteiger charge is 2.16. The number of carbonyl (C=O) groups is 1. The van der Waals surface area contributed by atoms with Gasteiger partial charge in [0.2, 0.25) is 0 Å². The van der Waals surface area contributed by atoms with E-state index in [1.165, 1.54) is 0 Å². The molecule has 41 heavy (non-hydrogen) atoms. The molecule has 1 rings (SSSR count). The Balaban J connectivity index is 1.69. The Bertz CT molecular complexity index is 676. The summed E-state index contributed by atoms with van der Waals surface area (Å²) in [6.07, 6.45) is 3.85. The predicted molar refractivity (Wildman–Crippen MR) is 156 cm³/mol. The summed E-state index contributed by atoms with van der Waals surface area (Å²) in [7, 11) is 0. The summed E-state index contributed by atoms with van der Waals surface area (Å²) < 4.78 is 49.1. The molecule has 0 aliphatic carbocycles. The summed E-state index contributed by atoms with van der Waals surface area (Å²) in [4.78, 5) is 12.0. The first-order valence-corrected chi connectivity index (χ1v) is 15.1. The third kappa shape index (κ3) is 24.7. The quantitative estimate of drug-likeness (QED) is 0.0935. The maximum atomic E-state index is 12.0. The first kappa shape index (κ1) is 37.4. The van der Waals surface area contributed by atoms with Gasteiger partial charge in [-0.3, -0.25) is 4.79 Å². The lowest BCUT2D eigenvalue weighted by atomic mass is 10.00. The Hall–Kier alpha value is -1.63. The zero-order chi connectivity index (χ0) is 29.5. The first-order valence-electron chi connectivity index (χ1n) is 15.1. The highest BCUT2D eigenvalue weighted by Crippen LogP contribution is 2.14. The van der Waals surface area contributed by atoms with Gasteiger partial charge in [-0.05, 0) is 18.4 Å². The highest BCUT2D eigenvalue weighted by molar-refractivity contribution is 5.72. The van der Waals surface area contributed by atoms with Crippen LogP contribution < -0.4 is 0 Å². The lowest BCUT2D eigenvalue weighted by Gasteiger charge is -2.13. The van der Waals surface area contributed by atoms with E-state index in [0.717, 1.165) is 31.2 Å². The van der Waals surface area contributed by atoms with E-state index in [4.69, 9.17) is 42.6 Å². The van der Waals surface area contributed by atoms with Crippen LogP contribution in [0.25, 0.3) is 0 Å². The number of esters is 1.